The number of thioether (sulfide) groups is 1. The first-order chi connectivity index (χ1) is 12.8. The Morgan fingerprint density at radius 1 is 1.04 bits per heavy atom. The highest BCUT2D eigenvalue weighted by atomic mass is 32.2. The van der Waals surface area contributed by atoms with Crippen molar-refractivity contribution in [2.75, 3.05) is 0 Å². The molecule has 0 unspecified atom stereocenters. The van der Waals surface area contributed by atoms with Gasteiger partial charge in [-0.2, -0.15) is 0 Å². The summed E-state index contributed by atoms with van der Waals surface area (Å²) < 4.78 is 7.62. The lowest BCUT2D eigenvalue weighted by Crippen LogP contribution is -2.03. The second kappa shape index (κ2) is 7.58. The minimum atomic E-state index is 0.584. The summed E-state index contributed by atoms with van der Waals surface area (Å²) in [5.74, 6) is 2.50. The van der Waals surface area contributed by atoms with Gasteiger partial charge in [-0.25, -0.2) is 0 Å². The first kappa shape index (κ1) is 16.6. The molecule has 26 heavy (non-hydrogen) atoms. The highest BCUT2D eigenvalue weighted by Gasteiger charge is 2.16. The van der Waals surface area contributed by atoms with Gasteiger partial charge in [0.05, 0.1) is 12.8 Å². The van der Waals surface area contributed by atoms with E-state index in [1.165, 1.54) is 11.1 Å². The summed E-state index contributed by atoms with van der Waals surface area (Å²) >= 11 is 1.68. The van der Waals surface area contributed by atoms with Gasteiger partial charge in [-0.15, -0.1) is 10.2 Å². The SMILES string of the molecule is Cc1ccccc1CSc1nnc(-c2cccnc2)n1Cc1ccco1. The van der Waals surface area contributed by atoms with Crippen molar-refractivity contribution >= 4 is 11.8 Å². The van der Waals surface area contributed by atoms with Crippen molar-refractivity contribution in [1.82, 2.24) is 19.7 Å². The van der Waals surface area contributed by atoms with Crippen LogP contribution in [0.15, 0.2) is 76.8 Å². The molecule has 4 aromatic rings. The van der Waals surface area contributed by atoms with Crippen LogP contribution in [-0.4, -0.2) is 19.7 Å². The first-order valence-corrected chi connectivity index (χ1v) is 9.33. The quantitative estimate of drug-likeness (QED) is 0.470. The van der Waals surface area contributed by atoms with Gasteiger partial charge in [0, 0.05) is 23.7 Å². The molecule has 0 spiro atoms. The molecule has 3 aromatic heterocycles. The van der Waals surface area contributed by atoms with Crippen LogP contribution in [0, 0.1) is 6.92 Å². The number of pyridine rings is 1. The fourth-order valence-corrected chi connectivity index (χ4v) is 3.73. The molecule has 0 N–H and O–H groups in total. The summed E-state index contributed by atoms with van der Waals surface area (Å²) in [6.07, 6.45) is 5.24. The van der Waals surface area contributed by atoms with E-state index < -0.39 is 0 Å². The van der Waals surface area contributed by atoms with E-state index in [2.05, 4.69) is 50.9 Å². The Balaban J connectivity index is 1.65. The van der Waals surface area contributed by atoms with Gasteiger partial charge in [0.25, 0.3) is 0 Å². The van der Waals surface area contributed by atoms with Gasteiger partial charge in [-0.05, 0) is 42.3 Å². The van der Waals surface area contributed by atoms with E-state index in [4.69, 9.17) is 4.42 Å². The molecule has 0 saturated carbocycles. The molecular weight excluding hydrogens is 344 g/mol. The van der Waals surface area contributed by atoms with E-state index in [0.717, 1.165) is 28.1 Å². The molecule has 0 fully saturated rings. The van der Waals surface area contributed by atoms with Crippen LogP contribution in [0.1, 0.15) is 16.9 Å². The molecule has 0 radical (unpaired) electrons. The Morgan fingerprint density at radius 3 is 2.73 bits per heavy atom. The summed E-state index contributed by atoms with van der Waals surface area (Å²) in [6.45, 7) is 2.71. The predicted octanol–water partition coefficient (Wildman–Crippen LogP) is 4.58. The molecule has 0 atom stereocenters. The maximum Gasteiger partial charge on any atom is 0.192 e. The maximum atomic E-state index is 5.53. The fourth-order valence-electron chi connectivity index (χ4n) is 2.72. The molecule has 1 aromatic carbocycles. The maximum absolute atomic E-state index is 5.53. The summed E-state index contributed by atoms with van der Waals surface area (Å²) in [4.78, 5) is 4.20. The lowest BCUT2D eigenvalue weighted by atomic mass is 10.1. The minimum Gasteiger partial charge on any atom is -0.467 e. The molecule has 4 rings (SSSR count). The number of aryl methyl sites for hydroxylation is 1. The molecule has 3 heterocycles. The predicted molar refractivity (Wildman–Crippen MR) is 102 cm³/mol. The van der Waals surface area contributed by atoms with Crippen LogP contribution in [0.4, 0.5) is 0 Å². The Labute approximate surface area is 156 Å². The number of aromatic nitrogens is 4. The second-order valence-corrected chi connectivity index (χ2v) is 6.87. The van der Waals surface area contributed by atoms with Crippen LogP contribution in [0.25, 0.3) is 11.4 Å². The van der Waals surface area contributed by atoms with Crippen LogP contribution in [0.3, 0.4) is 0 Å². The van der Waals surface area contributed by atoms with E-state index in [1.54, 1.807) is 30.4 Å². The van der Waals surface area contributed by atoms with Crippen LogP contribution < -0.4 is 0 Å². The van der Waals surface area contributed by atoms with Gasteiger partial charge in [-0.3, -0.25) is 9.55 Å². The molecule has 0 amide bonds. The number of hydrogen-bond donors (Lipinski definition) is 0. The molecule has 0 aliphatic carbocycles. The zero-order valence-electron chi connectivity index (χ0n) is 14.4. The van der Waals surface area contributed by atoms with Gasteiger partial charge < -0.3 is 4.42 Å². The van der Waals surface area contributed by atoms with Gasteiger partial charge >= 0.3 is 0 Å². The number of rotatable bonds is 6. The topological polar surface area (TPSA) is 56.7 Å². The highest BCUT2D eigenvalue weighted by molar-refractivity contribution is 7.98. The van der Waals surface area contributed by atoms with Crippen molar-refractivity contribution < 1.29 is 4.42 Å². The van der Waals surface area contributed by atoms with Gasteiger partial charge in [-0.1, -0.05) is 36.0 Å². The zero-order valence-corrected chi connectivity index (χ0v) is 15.2. The summed E-state index contributed by atoms with van der Waals surface area (Å²) in [5.41, 5.74) is 3.52. The van der Waals surface area contributed by atoms with E-state index in [1.807, 2.05) is 24.3 Å². The normalized spacial score (nSPS) is 11.0. The molecule has 0 bridgehead atoms. The Kier molecular flexibility index (Phi) is 4.84. The van der Waals surface area contributed by atoms with Gasteiger partial charge in [0.15, 0.2) is 11.0 Å². The average Bonchev–Trinajstić information content (AvgIpc) is 3.32. The Hall–Kier alpha value is -2.86. The number of furan rings is 1. The molecule has 5 nitrogen and oxygen atoms in total. The minimum absolute atomic E-state index is 0.584. The first-order valence-electron chi connectivity index (χ1n) is 8.34. The number of nitrogens with zero attached hydrogens (tertiary/aromatic N) is 4. The third-order valence-electron chi connectivity index (χ3n) is 4.15. The van der Waals surface area contributed by atoms with Gasteiger partial charge in [0.2, 0.25) is 0 Å². The summed E-state index contributed by atoms with van der Waals surface area (Å²) in [7, 11) is 0. The standard InChI is InChI=1S/C20H18N4OS/c1-15-6-2-3-7-17(15)14-26-20-23-22-19(16-8-4-10-21-12-16)24(20)13-18-9-5-11-25-18/h2-12H,13-14H2,1H3. The smallest absolute Gasteiger partial charge is 0.192 e. The van der Waals surface area contributed by atoms with Crippen molar-refractivity contribution in [3.8, 4) is 11.4 Å². The van der Waals surface area contributed by atoms with Crippen molar-refractivity contribution in [3.63, 3.8) is 0 Å². The van der Waals surface area contributed by atoms with E-state index in [0.29, 0.717) is 6.54 Å². The monoisotopic (exact) mass is 362 g/mol. The largest absolute Gasteiger partial charge is 0.467 e. The molecule has 0 aliphatic rings. The lowest BCUT2D eigenvalue weighted by Gasteiger charge is -2.09. The van der Waals surface area contributed by atoms with Crippen molar-refractivity contribution in [2.45, 2.75) is 24.4 Å². The fraction of sp³-hybridized carbons (Fsp3) is 0.150. The van der Waals surface area contributed by atoms with Crippen LogP contribution in [0.2, 0.25) is 0 Å². The van der Waals surface area contributed by atoms with Crippen molar-refractivity contribution in [1.29, 1.82) is 0 Å². The van der Waals surface area contributed by atoms with E-state index in [9.17, 15) is 0 Å². The Bertz CT molecular complexity index is 980. The van der Waals surface area contributed by atoms with Crippen LogP contribution in [-0.2, 0) is 12.3 Å². The summed E-state index contributed by atoms with van der Waals surface area (Å²) in [6, 6.07) is 16.2. The summed E-state index contributed by atoms with van der Waals surface area (Å²) in [5, 5.41) is 9.70. The lowest BCUT2D eigenvalue weighted by molar-refractivity contribution is 0.485. The van der Waals surface area contributed by atoms with Crippen LogP contribution in [0.5, 0.6) is 0 Å². The highest BCUT2D eigenvalue weighted by Crippen LogP contribution is 2.28. The van der Waals surface area contributed by atoms with E-state index >= 15 is 0 Å². The van der Waals surface area contributed by atoms with Crippen molar-refractivity contribution in [3.05, 3.63) is 84.1 Å². The number of hydrogen-bond acceptors (Lipinski definition) is 5. The molecule has 6 heteroatoms. The van der Waals surface area contributed by atoms with Crippen molar-refractivity contribution in [2.24, 2.45) is 0 Å². The molecule has 130 valence electrons. The number of benzene rings is 1. The van der Waals surface area contributed by atoms with Gasteiger partial charge in [0.1, 0.15) is 5.76 Å². The van der Waals surface area contributed by atoms with Crippen LogP contribution >= 0.6 is 11.8 Å². The zero-order chi connectivity index (χ0) is 17.8. The second-order valence-electron chi connectivity index (χ2n) is 5.93. The molecule has 0 aliphatic heterocycles. The average molecular weight is 362 g/mol. The molecular formula is C20H18N4OS. The van der Waals surface area contributed by atoms with E-state index in [-0.39, 0.29) is 0 Å². The molecule has 0 saturated heterocycles. The third-order valence-corrected chi connectivity index (χ3v) is 5.16. The third kappa shape index (κ3) is 3.55. The Morgan fingerprint density at radius 2 is 1.96 bits per heavy atom.